The van der Waals surface area contributed by atoms with E-state index in [1.165, 1.54) is 6.42 Å². The molecule has 1 aliphatic carbocycles. The largest absolute Gasteiger partial charge is 0.458 e. The van der Waals surface area contributed by atoms with Crippen molar-refractivity contribution >= 4 is 11.9 Å². The summed E-state index contributed by atoms with van der Waals surface area (Å²) in [4.78, 5) is 23.9. The van der Waals surface area contributed by atoms with Crippen LogP contribution in [0.5, 0.6) is 0 Å². The Morgan fingerprint density at radius 2 is 2.05 bits per heavy atom. The number of nitrogens with one attached hydrogen (secondary N) is 1. The lowest BCUT2D eigenvalue weighted by Gasteiger charge is -2.36. The molecule has 0 radical (unpaired) electrons. The Bertz CT molecular complexity index is 334. The van der Waals surface area contributed by atoms with Gasteiger partial charge in [-0.2, -0.15) is 0 Å². The lowest BCUT2D eigenvalue weighted by Crippen LogP contribution is -2.45. The van der Waals surface area contributed by atoms with Crippen molar-refractivity contribution in [3.63, 3.8) is 0 Å². The van der Waals surface area contributed by atoms with Gasteiger partial charge in [-0.25, -0.2) is 0 Å². The predicted molar refractivity (Wildman–Crippen MR) is 72.5 cm³/mol. The average Bonchev–Trinajstić information content (AvgIpc) is 2.72. The third-order valence-electron chi connectivity index (χ3n) is 4.42. The van der Waals surface area contributed by atoms with Gasteiger partial charge >= 0.3 is 5.97 Å². The van der Waals surface area contributed by atoms with Crippen molar-refractivity contribution in [3.05, 3.63) is 0 Å². The summed E-state index contributed by atoms with van der Waals surface area (Å²) in [5.41, 5.74) is -0.482. The fourth-order valence-corrected chi connectivity index (χ4v) is 3.33. The van der Waals surface area contributed by atoms with Gasteiger partial charge in [0, 0.05) is 6.54 Å². The first-order valence-electron chi connectivity index (χ1n) is 7.67. The van der Waals surface area contributed by atoms with Crippen LogP contribution in [0.15, 0.2) is 0 Å². The Hall–Kier alpha value is -1.06. The second-order valence-corrected chi connectivity index (χ2v) is 5.85. The first kappa shape index (κ1) is 14.4. The number of ether oxygens (including phenoxy) is 1. The number of amides is 1. The molecule has 0 aromatic rings. The molecule has 2 fully saturated rings. The van der Waals surface area contributed by atoms with E-state index in [1.807, 2.05) is 0 Å². The Kier molecular flexibility index (Phi) is 4.83. The van der Waals surface area contributed by atoms with Crippen LogP contribution in [-0.4, -0.2) is 24.0 Å². The van der Waals surface area contributed by atoms with Crippen LogP contribution in [0.25, 0.3) is 0 Å². The minimum Gasteiger partial charge on any atom is -0.458 e. The van der Waals surface area contributed by atoms with Crippen LogP contribution in [0.4, 0.5) is 0 Å². The fourth-order valence-electron chi connectivity index (χ4n) is 3.33. The number of hydrogen-bond donors (Lipinski definition) is 1. The summed E-state index contributed by atoms with van der Waals surface area (Å²) in [7, 11) is 0. The van der Waals surface area contributed by atoms with Crippen molar-refractivity contribution in [1.29, 1.82) is 0 Å². The maximum Gasteiger partial charge on any atom is 0.307 e. The monoisotopic (exact) mass is 267 g/mol. The summed E-state index contributed by atoms with van der Waals surface area (Å²) in [5, 5.41) is 2.98. The second kappa shape index (κ2) is 6.40. The van der Waals surface area contributed by atoms with Crippen LogP contribution in [0.1, 0.15) is 64.7 Å². The molecule has 2 rings (SSSR count). The summed E-state index contributed by atoms with van der Waals surface area (Å²) in [6.45, 7) is 2.86. The van der Waals surface area contributed by atoms with Crippen molar-refractivity contribution < 1.29 is 14.3 Å². The Morgan fingerprint density at radius 1 is 1.32 bits per heavy atom. The molecule has 2 aliphatic rings. The third-order valence-corrected chi connectivity index (χ3v) is 4.42. The van der Waals surface area contributed by atoms with E-state index in [0.29, 0.717) is 6.54 Å². The van der Waals surface area contributed by atoms with E-state index in [1.54, 1.807) is 0 Å². The number of esters is 1. The first-order valence-corrected chi connectivity index (χ1v) is 7.67. The van der Waals surface area contributed by atoms with Crippen LogP contribution >= 0.6 is 0 Å². The molecule has 0 bridgehead atoms. The third kappa shape index (κ3) is 3.28. The summed E-state index contributed by atoms with van der Waals surface area (Å²) < 4.78 is 5.55. The smallest absolute Gasteiger partial charge is 0.307 e. The van der Waals surface area contributed by atoms with Crippen LogP contribution in [0.3, 0.4) is 0 Å². The van der Waals surface area contributed by atoms with E-state index in [9.17, 15) is 9.59 Å². The van der Waals surface area contributed by atoms with Gasteiger partial charge in [0.25, 0.3) is 0 Å². The van der Waals surface area contributed by atoms with Gasteiger partial charge in [0.2, 0.25) is 5.91 Å². The van der Waals surface area contributed by atoms with E-state index in [-0.39, 0.29) is 24.2 Å². The Morgan fingerprint density at radius 3 is 2.74 bits per heavy atom. The zero-order valence-corrected chi connectivity index (χ0v) is 11.9. The maximum atomic E-state index is 12.3. The standard InChI is InChI=1S/C15H25NO3/c1-2-3-7-10-16-14(18)12-11-13(17)19-15(12)8-5-4-6-9-15/h12H,2-11H2,1H3,(H,16,18). The lowest BCUT2D eigenvalue weighted by atomic mass is 9.75. The van der Waals surface area contributed by atoms with Crippen molar-refractivity contribution in [2.75, 3.05) is 6.54 Å². The zero-order valence-electron chi connectivity index (χ0n) is 11.9. The second-order valence-electron chi connectivity index (χ2n) is 5.85. The average molecular weight is 267 g/mol. The van der Waals surface area contributed by atoms with E-state index in [4.69, 9.17) is 4.74 Å². The molecule has 1 unspecified atom stereocenters. The topological polar surface area (TPSA) is 55.4 Å². The van der Waals surface area contributed by atoms with Crippen LogP contribution in [0, 0.1) is 5.92 Å². The number of hydrogen-bond acceptors (Lipinski definition) is 3. The molecular formula is C15H25NO3. The van der Waals surface area contributed by atoms with Gasteiger partial charge in [-0.05, 0) is 32.1 Å². The highest BCUT2D eigenvalue weighted by Crippen LogP contribution is 2.44. The lowest BCUT2D eigenvalue weighted by molar-refractivity contribution is -0.153. The Labute approximate surface area is 115 Å². The number of carbonyl (C=O) groups excluding carboxylic acids is 2. The summed E-state index contributed by atoms with van der Waals surface area (Å²) >= 11 is 0. The van der Waals surface area contributed by atoms with Crippen LogP contribution in [-0.2, 0) is 14.3 Å². The Balaban J connectivity index is 1.92. The maximum absolute atomic E-state index is 12.3. The summed E-state index contributed by atoms with van der Waals surface area (Å²) in [6, 6.07) is 0. The molecule has 1 N–H and O–H groups in total. The summed E-state index contributed by atoms with van der Waals surface area (Å²) in [5.74, 6) is -0.443. The summed E-state index contributed by atoms with van der Waals surface area (Å²) in [6.07, 6.45) is 8.56. The highest BCUT2D eigenvalue weighted by molar-refractivity contribution is 5.87. The van der Waals surface area contributed by atoms with Gasteiger partial charge in [-0.15, -0.1) is 0 Å². The minimum absolute atomic E-state index is 0.0175. The zero-order chi connectivity index (χ0) is 13.7. The molecule has 1 saturated carbocycles. The van der Waals surface area contributed by atoms with Gasteiger partial charge in [-0.3, -0.25) is 9.59 Å². The SMILES string of the molecule is CCCCCNC(=O)C1CC(=O)OC12CCCCC2. The van der Waals surface area contributed by atoms with Crippen molar-refractivity contribution in [1.82, 2.24) is 5.32 Å². The number of rotatable bonds is 5. The van der Waals surface area contributed by atoms with Crippen molar-refractivity contribution in [2.45, 2.75) is 70.3 Å². The van der Waals surface area contributed by atoms with Crippen LogP contribution in [0.2, 0.25) is 0 Å². The minimum atomic E-state index is -0.482. The van der Waals surface area contributed by atoms with Gasteiger partial charge in [0.15, 0.2) is 0 Å². The molecule has 0 aromatic heterocycles. The van der Waals surface area contributed by atoms with E-state index >= 15 is 0 Å². The first-order chi connectivity index (χ1) is 9.18. The van der Waals surface area contributed by atoms with Gasteiger partial charge in [-0.1, -0.05) is 26.2 Å². The highest BCUT2D eigenvalue weighted by Gasteiger charge is 2.52. The van der Waals surface area contributed by atoms with Gasteiger partial charge in [0.05, 0.1) is 12.3 Å². The molecule has 108 valence electrons. The molecule has 19 heavy (non-hydrogen) atoms. The molecule has 1 amide bonds. The molecule has 4 nitrogen and oxygen atoms in total. The van der Waals surface area contributed by atoms with E-state index in [0.717, 1.165) is 44.9 Å². The quantitative estimate of drug-likeness (QED) is 0.615. The number of carbonyl (C=O) groups is 2. The highest BCUT2D eigenvalue weighted by atomic mass is 16.6. The molecule has 0 aromatic carbocycles. The van der Waals surface area contributed by atoms with Crippen molar-refractivity contribution in [2.24, 2.45) is 5.92 Å². The molecule has 4 heteroatoms. The molecule has 1 saturated heterocycles. The molecule has 1 aliphatic heterocycles. The molecule has 1 spiro atoms. The molecule has 1 heterocycles. The predicted octanol–water partition coefficient (Wildman–Crippen LogP) is 2.56. The van der Waals surface area contributed by atoms with E-state index < -0.39 is 5.60 Å². The fraction of sp³-hybridized carbons (Fsp3) is 0.867. The normalized spacial score (nSPS) is 25.3. The van der Waals surface area contributed by atoms with E-state index in [2.05, 4.69) is 12.2 Å². The molecule has 1 atom stereocenters. The number of unbranched alkanes of at least 4 members (excludes halogenated alkanes) is 2. The molecular weight excluding hydrogens is 242 g/mol. The van der Waals surface area contributed by atoms with Crippen LogP contribution < -0.4 is 5.32 Å². The van der Waals surface area contributed by atoms with Crippen molar-refractivity contribution in [3.8, 4) is 0 Å². The van der Waals surface area contributed by atoms with Gasteiger partial charge < -0.3 is 10.1 Å². The van der Waals surface area contributed by atoms with Gasteiger partial charge in [0.1, 0.15) is 5.60 Å².